The van der Waals surface area contributed by atoms with Gasteiger partial charge in [-0.2, -0.15) is 8.42 Å². The van der Waals surface area contributed by atoms with Gasteiger partial charge < -0.3 is 14.4 Å². The second-order valence-corrected chi connectivity index (χ2v) is 12.5. The molecule has 3 atom stereocenters. The number of nitrogens with zero attached hydrogens (tertiary/aromatic N) is 1. The highest BCUT2D eigenvalue weighted by molar-refractivity contribution is 7.91. The molecule has 6 rings (SSSR count). The van der Waals surface area contributed by atoms with Gasteiger partial charge in [0.1, 0.15) is 10.7 Å². The minimum atomic E-state index is -4.04. The van der Waals surface area contributed by atoms with E-state index in [0.717, 1.165) is 36.2 Å². The molecular weight excluding hydrogens is 484 g/mol. The van der Waals surface area contributed by atoms with Crippen molar-refractivity contribution in [1.29, 1.82) is 0 Å². The van der Waals surface area contributed by atoms with Crippen molar-refractivity contribution in [2.24, 2.45) is 17.8 Å². The third kappa shape index (κ3) is 6.10. The molecule has 0 radical (unpaired) electrons. The Bertz CT molecular complexity index is 1270. The summed E-state index contributed by atoms with van der Waals surface area (Å²) in [6.07, 6.45) is 16.5. The molecule has 1 saturated carbocycles. The molecule has 37 heavy (non-hydrogen) atoms. The van der Waals surface area contributed by atoms with Gasteiger partial charge in [0.2, 0.25) is 5.91 Å². The minimum Gasteiger partial charge on any atom is -0.379 e. The topological polar surface area (TPSA) is 75.7 Å². The molecule has 3 aliphatic carbocycles. The van der Waals surface area contributed by atoms with Crippen LogP contribution in [0.4, 0.5) is 0 Å². The molecule has 2 heterocycles. The monoisotopic (exact) mass is 522 g/mol. The largest absolute Gasteiger partial charge is 0.379 e. The van der Waals surface area contributed by atoms with Crippen LogP contribution in [0.2, 0.25) is 0 Å². The van der Waals surface area contributed by atoms with Crippen LogP contribution in [0, 0.1) is 17.8 Å². The average Bonchev–Trinajstić information content (AvgIpc) is 3.05. The summed E-state index contributed by atoms with van der Waals surface area (Å²) in [7, 11) is -4.04. The predicted octanol–water partition coefficient (Wildman–Crippen LogP) is 5.35. The molecule has 8 bridgehead atoms. The summed E-state index contributed by atoms with van der Waals surface area (Å²) < 4.78 is 32.3. The summed E-state index contributed by atoms with van der Waals surface area (Å²) in [5.74, 6) is 2.19. The molecule has 1 N–H and O–H groups in total. The maximum atomic E-state index is 13.3. The molecule has 1 aromatic carbocycles. The normalized spacial score (nSPS) is 27.9. The number of hydrogen-bond acceptors (Lipinski definition) is 5. The van der Waals surface area contributed by atoms with Gasteiger partial charge in [-0.15, -0.1) is 0 Å². The Morgan fingerprint density at radius 1 is 1.11 bits per heavy atom. The van der Waals surface area contributed by atoms with E-state index < -0.39 is 10.1 Å². The van der Waals surface area contributed by atoms with E-state index in [1.807, 2.05) is 12.1 Å². The molecule has 3 unspecified atom stereocenters. The number of nitrogens with one attached hydrogen (secondary N) is 1. The maximum Gasteiger partial charge on any atom is 0.339 e. The van der Waals surface area contributed by atoms with Gasteiger partial charge in [-0.25, -0.2) is 0 Å². The lowest BCUT2D eigenvalue weighted by molar-refractivity contribution is -0.127. The Morgan fingerprint density at radius 2 is 1.97 bits per heavy atom. The van der Waals surface area contributed by atoms with Crippen LogP contribution < -0.4 is 9.50 Å². The standard InChI is InChI=1S/C30H38N2O4S/c1-21-14-27-18-23-15-24-17-26(21)20-29(19-24)36-37(34,35)30-8-5-7-28(9-10-30)32(22(2)33)13-12-31-11-4-3-6-25(27)16-23/h5,8-10,14,17,19-20,23,25,27,31H,3-4,6-7,11-13,15-16,18H2,1-2H3. The van der Waals surface area contributed by atoms with Crippen molar-refractivity contribution < 1.29 is 17.4 Å². The van der Waals surface area contributed by atoms with E-state index in [2.05, 4.69) is 24.4 Å². The zero-order chi connectivity index (χ0) is 26.0. The van der Waals surface area contributed by atoms with Gasteiger partial charge in [-0.1, -0.05) is 24.6 Å². The summed E-state index contributed by atoms with van der Waals surface area (Å²) in [4.78, 5) is 14.2. The van der Waals surface area contributed by atoms with Gasteiger partial charge in [-0.3, -0.25) is 4.79 Å². The fourth-order valence-electron chi connectivity index (χ4n) is 6.40. The van der Waals surface area contributed by atoms with E-state index in [4.69, 9.17) is 4.18 Å². The molecule has 0 aromatic heterocycles. The first-order chi connectivity index (χ1) is 17.8. The molecular formula is C30H38N2O4S. The van der Waals surface area contributed by atoms with Gasteiger partial charge in [0.15, 0.2) is 0 Å². The first kappa shape index (κ1) is 26.0. The second kappa shape index (κ2) is 11.0. The average molecular weight is 523 g/mol. The van der Waals surface area contributed by atoms with E-state index in [-0.39, 0.29) is 10.8 Å². The lowest BCUT2D eigenvalue weighted by Crippen LogP contribution is -2.35. The summed E-state index contributed by atoms with van der Waals surface area (Å²) in [6, 6.07) is 5.95. The van der Waals surface area contributed by atoms with E-state index in [1.54, 1.807) is 36.1 Å². The molecule has 1 fully saturated rings. The molecule has 6 nitrogen and oxygen atoms in total. The number of carbonyl (C=O) groups excluding carboxylic acids is 1. The van der Waals surface area contributed by atoms with Crippen LogP contribution in [-0.2, 0) is 21.3 Å². The number of fused-ring (bicyclic) bond motifs is 8. The summed E-state index contributed by atoms with van der Waals surface area (Å²) in [5, 5.41) is 3.50. The van der Waals surface area contributed by atoms with Crippen molar-refractivity contribution in [3.63, 3.8) is 0 Å². The predicted molar refractivity (Wildman–Crippen MR) is 147 cm³/mol. The number of allylic oxidation sites excluding steroid dienone is 6. The smallest absolute Gasteiger partial charge is 0.339 e. The maximum absolute atomic E-state index is 13.3. The molecule has 0 spiro atoms. The van der Waals surface area contributed by atoms with Gasteiger partial charge in [0.05, 0.1) is 0 Å². The molecule has 5 aliphatic rings. The fraction of sp³-hybridized carbons (Fsp3) is 0.500. The van der Waals surface area contributed by atoms with Gasteiger partial charge in [0, 0.05) is 32.1 Å². The molecule has 7 heteroatoms. The van der Waals surface area contributed by atoms with E-state index >= 15 is 0 Å². The highest BCUT2D eigenvalue weighted by atomic mass is 32.2. The summed E-state index contributed by atoms with van der Waals surface area (Å²) in [5.41, 5.74) is 4.15. The van der Waals surface area contributed by atoms with Crippen molar-refractivity contribution in [3.05, 3.63) is 70.3 Å². The Balaban J connectivity index is 1.51. The number of carbonyl (C=O) groups is 1. The Kier molecular flexibility index (Phi) is 7.72. The number of hydrogen-bond donors (Lipinski definition) is 1. The summed E-state index contributed by atoms with van der Waals surface area (Å²) in [6.45, 7) is 5.87. The Morgan fingerprint density at radius 3 is 2.81 bits per heavy atom. The molecule has 198 valence electrons. The van der Waals surface area contributed by atoms with Gasteiger partial charge in [0.25, 0.3) is 0 Å². The highest BCUT2D eigenvalue weighted by Crippen LogP contribution is 2.44. The SMILES string of the molecule is CC(=O)N1CCNCCCCC2CC3Cc4cc(cc(c4)C(C)=CC2C3)OS(=O)(=O)C2=CC=C1CC=C2. The lowest BCUT2D eigenvalue weighted by Gasteiger charge is -2.23. The van der Waals surface area contributed by atoms with Crippen LogP contribution in [0.15, 0.2) is 59.2 Å². The summed E-state index contributed by atoms with van der Waals surface area (Å²) >= 11 is 0. The Labute approximate surface area is 221 Å². The highest BCUT2D eigenvalue weighted by Gasteiger charge is 2.33. The molecule has 1 amide bonds. The molecule has 2 aliphatic heterocycles. The quantitative estimate of drug-likeness (QED) is 0.465. The fourth-order valence-corrected chi connectivity index (χ4v) is 7.34. The third-order valence-electron chi connectivity index (χ3n) is 8.22. The number of amides is 1. The first-order valence-corrected chi connectivity index (χ1v) is 15.0. The van der Waals surface area contributed by atoms with E-state index in [0.29, 0.717) is 43.0 Å². The van der Waals surface area contributed by atoms with Crippen LogP contribution in [0.5, 0.6) is 5.75 Å². The number of rotatable bonds is 0. The van der Waals surface area contributed by atoms with Gasteiger partial charge in [-0.05, 0) is 110 Å². The van der Waals surface area contributed by atoms with Crippen molar-refractivity contribution in [1.82, 2.24) is 10.2 Å². The zero-order valence-corrected chi connectivity index (χ0v) is 22.7. The van der Waals surface area contributed by atoms with Crippen LogP contribution >= 0.6 is 0 Å². The van der Waals surface area contributed by atoms with Crippen molar-refractivity contribution in [2.45, 2.75) is 58.8 Å². The third-order valence-corrected chi connectivity index (χ3v) is 9.48. The van der Waals surface area contributed by atoms with Crippen molar-refractivity contribution in [3.8, 4) is 5.75 Å². The molecule has 1 aromatic rings. The van der Waals surface area contributed by atoms with Crippen LogP contribution in [-0.4, -0.2) is 38.9 Å². The van der Waals surface area contributed by atoms with Gasteiger partial charge >= 0.3 is 10.1 Å². The zero-order valence-electron chi connectivity index (χ0n) is 21.9. The second-order valence-electron chi connectivity index (χ2n) is 11.0. The van der Waals surface area contributed by atoms with Crippen LogP contribution in [0.3, 0.4) is 0 Å². The first-order valence-electron chi connectivity index (χ1n) is 13.6. The van der Waals surface area contributed by atoms with Crippen molar-refractivity contribution >= 4 is 21.6 Å². The number of benzene rings is 1. The lowest BCUT2D eigenvalue weighted by atomic mass is 9.88. The van der Waals surface area contributed by atoms with E-state index in [1.165, 1.54) is 31.3 Å². The van der Waals surface area contributed by atoms with Crippen molar-refractivity contribution in [2.75, 3.05) is 19.6 Å². The Hall–Kier alpha value is -2.64. The minimum absolute atomic E-state index is 0.0526. The van der Waals surface area contributed by atoms with Crippen LogP contribution in [0.1, 0.15) is 63.5 Å². The molecule has 0 saturated heterocycles. The van der Waals surface area contributed by atoms with E-state index in [9.17, 15) is 13.2 Å². The van der Waals surface area contributed by atoms with Crippen LogP contribution in [0.25, 0.3) is 5.57 Å².